The van der Waals surface area contributed by atoms with Crippen molar-refractivity contribution >= 4 is 17.5 Å². The Kier molecular flexibility index (Phi) is 3.35. The minimum Gasteiger partial charge on any atom is -0.351 e. The van der Waals surface area contributed by atoms with E-state index >= 15 is 0 Å². The van der Waals surface area contributed by atoms with Gasteiger partial charge in [-0.25, -0.2) is 4.99 Å². The lowest BCUT2D eigenvalue weighted by Gasteiger charge is -2.26. The highest BCUT2D eigenvalue weighted by Gasteiger charge is 2.25. The number of hydrogen-bond donors (Lipinski definition) is 1. The second-order valence-corrected chi connectivity index (χ2v) is 4.72. The molecular weight excluding hydrogens is 270 g/mol. The minimum absolute atomic E-state index is 0.0482. The van der Waals surface area contributed by atoms with E-state index in [4.69, 9.17) is 4.52 Å². The standard InChI is InChI=1S/C15H13N3O3/c1-2-9-7-14(19)18-12-8-10(3-4-11(9)12)17-15(20)13-5-6-16-21-13/h3-8,11H,2H2,1H3,(H,18,19). The zero-order valence-corrected chi connectivity index (χ0v) is 11.4. The Morgan fingerprint density at radius 3 is 3.05 bits per heavy atom. The predicted octanol–water partition coefficient (Wildman–Crippen LogP) is 1.79. The maximum atomic E-state index is 11.8. The summed E-state index contributed by atoms with van der Waals surface area (Å²) >= 11 is 0. The summed E-state index contributed by atoms with van der Waals surface area (Å²) in [5.74, 6) is -0.522. The maximum absolute atomic E-state index is 11.8. The van der Waals surface area contributed by atoms with Gasteiger partial charge in [-0.1, -0.05) is 23.7 Å². The Labute approximate surface area is 120 Å². The van der Waals surface area contributed by atoms with Crippen molar-refractivity contribution in [3.63, 3.8) is 0 Å². The van der Waals surface area contributed by atoms with E-state index in [1.165, 1.54) is 12.3 Å². The van der Waals surface area contributed by atoms with Crippen LogP contribution in [0, 0.1) is 5.92 Å². The average Bonchev–Trinajstić information content (AvgIpc) is 3.00. The number of rotatable bonds is 2. The van der Waals surface area contributed by atoms with Crippen LogP contribution < -0.4 is 5.32 Å². The molecule has 2 heterocycles. The summed E-state index contributed by atoms with van der Waals surface area (Å²) in [6.45, 7) is 2.01. The monoisotopic (exact) mass is 283 g/mol. The molecule has 1 aromatic heterocycles. The first-order valence-corrected chi connectivity index (χ1v) is 6.62. The van der Waals surface area contributed by atoms with Crippen LogP contribution in [0.5, 0.6) is 0 Å². The van der Waals surface area contributed by atoms with Gasteiger partial charge in [-0.3, -0.25) is 9.59 Å². The third kappa shape index (κ3) is 2.60. The highest BCUT2D eigenvalue weighted by atomic mass is 16.5. The third-order valence-electron chi connectivity index (χ3n) is 3.37. The van der Waals surface area contributed by atoms with E-state index in [1.54, 1.807) is 18.2 Å². The molecule has 2 amide bonds. The Balaban J connectivity index is 1.88. The van der Waals surface area contributed by atoms with Crippen LogP contribution in [0.1, 0.15) is 23.9 Å². The van der Waals surface area contributed by atoms with Crippen LogP contribution in [0.4, 0.5) is 0 Å². The van der Waals surface area contributed by atoms with Gasteiger partial charge in [0.2, 0.25) is 11.7 Å². The van der Waals surface area contributed by atoms with Crippen molar-refractivity contribution in [3.8, 4) is 0 Å². The Morgan fingerprint density at radius 2 is 2.33 bits per heavy atom. The quantitative estimate of drug-likeness (QED) is 0.896. The van der Waals surface area contributed by atoms with Crippen LogP contribution >= 0.6 is 0 Å². The predicted molar refractivity (Wildman–Crippen MR) is 75.5 cm³/mol. The molecule has 1 aliphatic carbocycles. The molecule has 3 rings (SSSR count). The van der Waals surface area contributed by atoms with Gasteiger partial charge in [0, 0.05) is 23.8 Å². The number of nitrogens with one attached hydrogen (secondary N) is 1. The minimum atomic E-state index is -0.504. The molecule has 6 heteroatoms. The number of aliphatic imine (C=N–C) groups is 1. The Bertz CT molecular complexity index is 709. The van der Waals surface area contributed by atoms with Crippen molar-refractivity contribution in [2.24, 2.45) is 10.9 Å². The maximum Gasteiger partial charge on any atom is 0.316 e. The average molecular weight is 283 g/mol. The first-order valence-electron chi connectivity index (χ1n) is 6.62. The van der Waals surface area contributed by atoms with E-state index in [0.717, 1.165) is 17.7 Å². The number of amides is 2. The summed E-state index contributed by atoms with van der Waals surface area (Å²) in [4.78, 5) is 27.4. The fourth-order valence-electron chi connectivity index (χ4n) is 2.36. The van der Waals surface area contributed by atoms with Gasteiger partial charge in [0.1, 0.15) is 0 Å². The number of fused-ring (bicyclic) bond motifs is 1. The fraction of sp³-hybridized carbons (Fsp3) is 0.200. The summed E-state index contributed by atoms with van der Waals surface area (Å²) < 4.78 is 4.76. The SMILES string of the molecule is CCC1=CC(=O)NC2=CC(=NC(=O)c3ccno3)C=CC12. The largest absolute Gasteiger partial charge is 0.351 e. The van der Waals surface area contributed by atoms with Crippen molar-refractivity contribution in [2.45, 2.75) is 13.3 Å². The van der Waals surface area contributed by atoms with Crippen LogP contribution in [0.3, 0.4) is 0 Å². The lowest BCUT2D eigenvalue weighted by atomic mass is 9.86. The fourth-order valence-corrected chi connectivity index (χ4v) is 2.36. The van der Waals surface area contributed by atoms with E-state index in [0.29, 0.717) is 5.71 Å². The summed E-state index contributed by atoms with van der Waals surface area (Å²) in [6.07, 6.45) is 9.20. The molecule has 0 bridgehead atoms. The molecule has 0 spiro atoms. The lowest BCUT2D eigenvalue weighted by molar-refractivity contribution is -0.116. The van der Waals surface area contributed by atoms with E-state index in [-0.39, 0.29) is 17.6 Å². The summed E-state index contributed by atoms with van der Waals surface area (Å²) in [5.41, 5.74) is 2.26. The highest BCUT2D eigenvalue weighted by Crippen LogP contribution is 2.28. The number of nitrogens with zero attached hydrogens (tertiary/aromatic N) is 2. The van der Waals surface area contributed by atoms with Crippen LogP contribution in [-0.2, 0) is 4.79 Å². The molecule has 0 fully saturated rings. The van der Waals surface area contributed by atoms with Crippen LogP contribution in [0.15, 0.2) is 57.4 Å². The van der Waals surface area contributed by atoms with Gasteiger partial charge < -0.3 is 9.84 Å². The number of allylic oxidation sites excluding steroid dienone is 3. The Morgan fingerprint density at radius 1 is 1.48 bits per heavy atom. The zero-order chi connectivity index (χ0) is 14.8. The molecule has 1 aromatic rings. The van der Waals surface area contributed by atoms with Crippen molar-refractivity contribution < 1.29 is 14.1 Å². The molecule has 21 heavy (non-hydrogen) atoms. The van der Waals surface area contributed by atoms with Gasteiger partial charge in [0.25, 0.3) is 0 Å². The molecule has 0 aromatic carbocycles. The van der Waals surface area contributed by atoms with Crippen LogP contribution in [-0.4, -0.2) is 22.7 Å². The molecule has 1 aliphatic heterocycles. The molecule has 0 saturated carbocycles. The van der Waals surface area contributed by atoms with E-state index < -0.39 is 5.91 Å². The van der Waals surface area contributed by atoms with Crippen LogP contribution in [0.2, 0.25) is 0 Å². The van der Waals surface area contributed by atoms with Crippen molar-refractivity contribution in [1.82, 2.24) is 10.5 Å². The first kappa shape index (κ1) is 13.2. The van der Waals surface area contributed by atoms with Gasteiger partial charge in [0.15, 0.2) is 0 Å². The first-order chi connectivity index (χ1) is 10.2. The van der Waals surface area contributed by atoms with Crippen molar-refractivity contribution in [1.29, 1.82) is 0 Å². The molecule has 1 N–H and O–H groups in total. The van der Waals surface area contributed by atoms with Crippen molar-refractivity contribution in [2.75, 3.05) is 0 Å². The number of hydrogen-bond acceptors (Lipinski definition) is 4. The Hall–Kier alpha value is -2.76. The zero-order valence-electron chi connectivity index (χ0n) is 11.4. The number of carbonyl (C=O) groups is 2. The summed E-state index contributed by atoms with van der Waals surface area (Å²) in [5, 5.41) is 6.26. The molecule has 0 radical (unpaired) electrons. The van der Waals surface area contributed by atoms with Gasteiger partial charge in [-0.2, -0.15) is 0 Å². The third-order valence-corrected chi connectivity index (χ3v) is 3.37. The highest BCUT2D eigenvalue weighted by molar-refractivity contribution is 6.13. The van der Waals surface area contributed by atoms with Gasteiger partial charge >= 0.3 is 5.91 Å². The molecular formula is C15H13N3O3. The number of carbonyl (C=O) groups excluding carboxylic acids is 2. The molecule has 2 aliphatic rings. The topological polar surface area (TPSA) is 84.6 Å². The van der Waals surface area contributed by atoms with E-state index in [9.17, 15) is 9.59 Å². The smallest absolute Gasteiger partial charge is 0.316 e. The summed E-state index contributed by atoms with van der Waals surface area (Å²) in [6, 6.07) is 1.45. The van der Waals surface area contributed by atoms with Gasteiger partial charge in [-0.15, -0.1) is 0 Å². The second-order valence-electron chi connectivity index (χ2n) is 4.72. The normalized spacial score (nSPS) is 22.4. The lowest BCUT2D eigenvalue weighted by Crippen LogP contribution is -2.33. The number of aromatic nitrogens is 1. The molecule has 1 unspecified atom stereocenters. The van der Waals surface area contributed by atoms with E-state index in [2.05, 4.69) is 15.5 Å². The molecule has 0 saturated heterocycles. The second kappa shape index (κ2) is 5.32. The van der Waals surface area contributed by atoms with Crippen molar-refractivity contribution in [3.05, 3.63) is 53.6 Å². The molecule has 106 valence electrons. The van der Waals surface area contributed by atoms with Crippen LogP contribution in [0.25, 0.3) is 0 Å². The molecule has 1 atom stereocenters. The van der Waals surface area contributed by atoms with Gasteiger partial charge in [-0.05, 0) is 18.6 Å². The van der Waals surface area contributed by atoms with Gasteiger partial charge in [0.05, 0.1) is 11.9 Å². The van der Waals surface area contributed by atoms with E-state index in [1.807, 2.05) is 13.0 Å². The summed E-state index contributed by atoms with van der Waals surface area (Å²) in [7, 11) is 0. The molecule has 6 nitrogen and oxygen atoms in total.